The van der Waals surface area contributed by atoms with Crippen molar-refractivity contribution in [2.24, 2.45) is 5.73 Å². The molecule has 0 aliphatic rings. The Kier molecular flexibility index (Phi) is 3.97. The Hall–Kier alpha value is -1.72. The molecule has 0 bridgehead atoms. The van der Waals surface area contributed by atoms with E-state index in [0.29, 0.717) is 16.5 Å². The van der Waals surface area contributed by atoms with Crippen molar-refractivity contribution >= 4 is 11.6 Å². The number of ether oxygens (including phenoxy) is 2. The number of halogens is 1. The fourth-order valence-electron chi connectivity index (χ4n) is 1.88. The van der Waals surface area contributed by atoms with Crippen molar-refractivity contribution in [1.29, 1.82) is 0 Å². The van der Waals surface area contributed by atoms with Crippen LogP contribution >= 0.6 is 11.6 Å². The summed E-state index contributed by atoms with van der Waals surface area (Å²) in [5.74, 6) is 1.20. The van der Waals surface area contributed by atoms with Gasteiger partial charge in [-0.1, -0.05) is 11.6 Å². The molecular weight excluding hydrogens is 266 g/mol. The number of hydrogen-bond donors (Lipinski definition) is 1. The molecule has 0 radical (unpaired) electrons. The molecule has 0 saturated heterocycles. The van der Waals surface area contributed by atoms with E-state index >= 15 is 0 Å². The highest BCUT2D eigenvalue weighted by Crippen LogP contribution is 2.35. The molecule has 5 nitrogen and oxygen atoms in total. The van der Waals surface area contributed by atoms with Gasteiger partial charge in [-0.15, -0.1) is 0 Å². The molecule has 1 unspecified atom stereocenters. The van der Waals surface area contributed by atoms with E-state index in [-0.39, 0.29) is 6.04 Å². The van der Waals surface area contributed by atoms with Crippen LogP contribution in [0, 0.1) is 0 Å². The third kappa shape index (κ3) is 2.52. The Morgan fingerprint density at radius 1 is 1.26 bits per heavy atom. The average molecular weight is 282 g/mol. The minimum Gasteiger partial charge on any atom is -0.495 e. The highest BCUT2D eigenvalue weighted by molar-refractivity contribution is 6.32. The molecule has 1 aromatic carbocycles. The van der Waals surface area contributed by atoms with Crippen molar-refractivity contribution in [1.82, 2.24) is 9.55 Å². The summed E-state index contributed by atoms with van der Waals surface area (Å²) in [6.45, 7) is 1.89. The van der Waals surface area contributed by atoms with Crippen LogP contribution < -0.4 is 15.2 Å². The van der Waals surface area contributed by atoms with Crippen molar-refractivity contribution in [3.05, 3.63) is 35.4 Å². The predicted octanol–water partition coefficient (Wildman–Crippen LogP) is 2.56. The van der Waals surface area contributed by atoms with Gasteiger partial charge in [0.1, 0.15) is 11.5 Å². The third-order valence-electron chi connectivity index (χ3n) is 2.85. The summed E-state index contributed by atoms with van der Waals surface area (Å²) in [5.41, 5.74) is 7.57. The van der Waals surface area contributed by atoms with Crippen molar-refractivity contribution in [3.63, 3.8) is 0 Å². The second-order valence-corrected chi connectivity index (χ2v) is 4.54. The molecule has 102 valence electrons. The van der Waals surface area contributed by atoms with Crippen LogP contribution in [-0.2, 0) is 0 Å². The lowest BCUT2D eigenvalue weighted by molar-refractivity contribution is 0.393. The van der Waals surface area contributed by atoms with Crippen LogP contribution in [0.4, 0.5) is 0 Å². The van der Waals surface area contributed by atoms with Gasteiger partial charge in [-0.2, -0.15) is 0 Å². The molecule has 19 heavy (non-hydrogen) atoms. The largest absolute Gasteiger partial charge is 0.495 e. The third-order valence-corrected chi connectivity index (χ3v) is 3.14. The molecule has 0 spiro atoms. The summed E-state index contributed by atoms with van der Waals surface area (Å²) < 4.78 is 12.4. The fraction of sp³-hybridized carbons (Fsp3) is 0.308. The summed E-state index contributed by atoms with van der Waals surface area (Å²) in [4.78, 5) is 4.12. The van der Waals surface area contributed by atoms with Gasteiger partial charge >= 0.3 is 0 Å². The molecule has 2 rings (SSSR count). The molecule has 6 heteroatoms. The summed E-state index contributed by atoms with van der Waals surface area (Å²) >= 11 is 6.16. The zero-order chi connectivity index (χ0) is 14.0. The van der Waals surface area contributed by atoms with E-state index in [1.165, 1.54) is 0 Å². The molecule has 0 saturated carbocycles. The highest BCUT2D eigenvalue weighted by Gasteiger charge is 2.15. The van der Waals surface area contributed by atoms with Gasteiger partial charge in [-0.05, 0) is 13.0 Å². The summed E-state index contributed by atoms with van der Waals surface area (Å²) in [5, 5.41) is 0.502. The first kappa shape index (κ1) is 13.7. The summed E-state index contributed by atoms with van der Waals surface area (Å²) in [6.07, 6.45) is 3.40. The number of methoxy groups -OCH3 is 2. The van der Waals surface area contributed by atoms with Gasteiger partial charge in [0.05, 0.1) is 43.1 Å². The zero-order valence-corrected chi connectivity index (χ0v) is 11.8. The standard InChI is InChI=1S/C13H16ClN3O2/c1-8(15)11-6-16-7-17(11)10-4-9(14)12(18-2)5-13(10)19-3/h4-8H,15H2,1-3H3. The van der Waals surface area contributed by atoms with E-state index in [9.17, 15) is 0 Å². The van der Waals surface area contributed by atoms with Crippen molar-refractivity contribution in [3.8, 4) is 17.2 Å². The van der Waals surface area contributed by atoms with Crippen LogP contribution in [0.1, 0.15) is 18.7 Å². The number of nitrogens with zero attached hydrogens (tertiary/aromatic N) is 2. The number of imidazole rings is 1. The second kappa shape index (κ2) is 5.50. The Morgan fingerprint density at radius 3 is 2.53 bits per heavy atom. The lowest BCUT2D eigenvalue weighted by Crippen LogP contribution is -2.11. The van der Waals surface area contributed by atoms with Crippen LogP contribution in [0.3, 0.4) is 0 Å². The molecule has 2 N–H and O–H groups in total. The molecule has 1 atom stereocenters. The van der Waals surface area contributed by atoms with Crippen molar-refractivity contribution in [2.45, 2.75) is 13.0 Å². The number of nitrogens with two attached hydrogens (primary N) is 1. The zero-order valence-electron chi connectivity index (χ0n) is 11.1. The fourth-order valence-corrected chi connectivity index (χ4v) is 2.11. The number of rotatable bonds is 4. The normalized spacial score (nSPS) is 12.3. The summed E-state index contributed by atoms with van der Waals surface area (Å²) in [6, 6.07) is 3.36. The van der Waals surface area contributed by atoms with E-state index in [4.69, 9.17) is 26.8 Å². The van der Waals surface area contributed by atoms with Gasteiger partial charge in [0, 0.05) is 12.1 Å². The van der Waals surface area contributed by atoms with Gasteiger partial charge in [0.25, 0.3) is 0 Å². The Balaban J connectivity index is 2.61. The quantitative estimate of drug-likeness (QED) is 0.935. The molecule has 2 aromatic rings. The van der Waals surface area contributed by atoms with Gasteiger partial charge in [0.15, 0.2) is 0 Å². The lowest BCUT2D eigenvalue weighted by atomic mass is 10.2. The van der Waals surface area contributed by atoms with Crippen LogP contribution in [0.5, 0.6) is 11.5 Å². The Labute approximate surface area is 116 Å². The smallest absolute Gasteiger partial charge is 0.146 e. The molecule has 0 aliphatic carbocycles. The minimum atomic E-state index is -0.145. The van der Waals surface area contributed by atoms with E-state index in [1.807, 2.05) is 11.5 Å². The number of hydrogen-bond acceptors (Lipinski definition) is 4. The maximum absolute atomic E-state index is 6.16. The first-order valence-electron chi connectivity index (χ1n) is 5.78. The van der Waals surface area contributed by atoms with Gasteiger partial charge in [-0.25, -0.2) is 4.98 Å². The monoisotopic (exact) mass is 281 g/mol. The Morgan fingerprint density at radius 2 is 1.95 bits per heavy atom. The van der Waals surface area contributed by atoms with E-state index in [0.717, 1.165) is 11.4 Å². The second-order valence-electron chi connectivity index (χ2n) is 4.14. The maximum atomic E-state index is 6.16. The minimum absolute atomic E-state index is 0.145. The van der Waals surface area contributed by atoms with Gasteiger partial charge in [0.2, 0.25) is 0 Å². The molecule has 1 heterocycles. The lowest BCUT2D eigenvalue weighted by Gasteiger charge is -2.16. The maximum Gasteiger partial charge on any atom is 0.146 e. The summed E-state index contributed by atoms with van der Waals surface area (Å²) in [7, 11) is 3.15. The van der Waals surface area contributed by atoms with Crippen LogP contribution in [0.2, 0.25) is 5.02 Å². The SMILES string of the molecule is COc1cc(OC)c(-n2cncc2C(C)N)cc1Cl. The molecule has 0 fully saturated rings. The van der Waals surface area contributed by atoms with E-state index in [1.54, 1.807) is 38.9 Å². The average Bonchev–Trinajstić information content (AvgIpc) is 2.87. The van der Waals surface area contributed by atoms with Crippen molar-refractivity contribution in [2.75, 3.05) is 14.2 Å². The first-order valence-corrected chi connectivity index (χ1v) is 6.16. The van der Waals surface area contributed by atoms with Crippen LogP contribution in [0.15, 0.2) is 24.7 Å². The van der Waals surface area contributed by atoms with Crippen molar-refractivity contribution < 1.29 is 9.47 Å². The van der Waals surface area contributed by atoms with E-state index in [2.05, 4.69) is 4.98 Å². The first-order chi connectivity index (χ1) is 9.08. The van der Waals surface area contributed by atoms with Gasteiger partial charge in [-0.3, -0.25) is 4.57 Å². The number of aromatic nitrogens is 2. The van der Waals surface area contributed by atoms with Gasteiger partial charge < -0.3 is 15.2 Å². The Bertz CT molecular complexity index is 581. The highest BCUT2D eigenvalue weighted by atomic mass is 35.5. The molecule has 0 aliphatic heterocycles. The van der Waals surface area contributed by atoms with Crippen LogP contribution in [-0.4, -0.2) is 23.8 Å². The predicted molar refractivity (Wildman–Crippen MR) is 74.3 cm³/mol. The topological polar surface area (TPSA) is 62.3 Å². The van der Waals surface area contributed by atoms with E-state index < -0.39 is 0 Å². The molecular formula is C13H16ClN3O2. The number of benzene rings is 1. The molecule has 0 amide bonds. The van der Waals surface area contributed by atoms with Crippen LogP contribution in [0.25, 0.3) is 5.69 Å². The molecule has 1 aromatic heterocycles.